The number of hydrogen-bond acceptors (Lipinski definition) is 5. The van der Waals surface area contributed by atoms with Crippen LogP contribution in [0.4, 0.5) is 20.3 Å². The lowest BCUT2D eigenvalue weighted by Crippen LogP contribution is -2.42. The summed E-state index contributed by atoms with van der Waals surface area (Å²) in [5.41, 5.74) is 7.66. The van der Waals surface area contributed by atoms with E-state index in [9.17, 15) is 13.6 Å². The van der Waals surface area contributed by atoms with Crippen molar-refractivity contribution in [1.29, 1.82) is 0 Å². The highest BCUT2D eigenvalue weighted by Crippen LogP contribution is 2.46. The van der Waals surface area contributed by atoms with Gasteiger partial charge in [0.1, 0.15) is 11.5 Å². The molecule has 0 spiro atoms. The molecule has 0 aliphatic heterocycles. The summed E-state index contributed by atoms with van der Waals surface area (Å²) in [6.45, 7) is 0. The van der Waals surface area contributed by atoms with Crippen LogP contribution in [0.25, 0.3) is 10.9 Å². The standard InChI is InChI=1S/C24H24ClF2N5O/c25-14-5-6-19-18(10-14)21(17-8-9-24(26,27)22(17)32-19)30-15-2-1-3-16(11-15)31-23(33)13-4-7-20(28)29-12-13/h4-7,10,12,15-16H,1-3,8-9,11H2,(H2,28,29)(H,30,32)(H,31,33)/t15-,16+/m0/s1. The summed E-state index contributed by atoms with van der Waals surface area (Å²) in [5.74, 6) is -2.78. The summed E-state index contributed by atoms with van der Waals surface area (Å²) in [5, 5.41) is 7.88. The lowest BCUT2D eigenvalue weighted by Gasteiger charge is -2.32. The molecule has 4 N–H and O–H groups in total. The van der Waals surface area contributed by atoms with Gasteiger partial charge in [0.25, 0.3) is 11.8 Å². The zero-order valence-corrected chi connectivity index (χ0v) is 18.6. The van der Waals surface area contributed by atoms with Gasteiger partial charge >= 0.3 is 0 Å². The lowest BCUT2D eigenvalue weighted by molar-refractivity contribution is -0.00567. The number of nitrogen functional groups attached to an aromatic ring is 1. The summed E-state index contributed by atoms with van der Waals surface area (Å²) < 4.78 is 29.0. The lowest BCUT2D eigenvalue weighted by atomic mass is 9.90. The number of hydrogen-bond donors (Lipinski definition) is 3. The molecule has 5 rings (SSSR count). The van der Waals surface area contributed by atoms with Gasteiger partial charge in [0.2, 0.25) is 0 Å². The van der Waals surface area contributed by atoms with Crippen LogP contribution < -0.4 is 16.4 Å². The molecule has 33 heavy (non-hydrogen) atoms. The fourth-order valence-corrected chi connectivity index (χ4v) is 5.02. The van der Waals surface area contributed by atoms with Gasteiger partial charge in [0.15, 0.2) is 0 Å². The quantitative estimate of drug-likeness (QED) is 0.494. The number of pyridine rings is 2. The third-order valence-corrected chi connectivity index (χ3v) is 6.72. The molecule has 2 heterocycles. The van der Waals surface area contributed by atoms with Crippen molar-refractivity contribution in [2.75, 3.05) is 11.1 Å². The van der Waals surface area contributed by atoms with Crippen molar-refractivity contribution >= 4 is 39.9 Å². The molecule has 2 atom stereocenters. The Hall–Kier alpha value is -3.00. The largest absolute Gasteiger partial charge is 0.384 e. The number of rotatable bonds is 4. The van der Waals surface area contributed by atoms with Gasteiger partial charge < -0.3 is 16.4 Å². The molecule has 2 aliphatic rings. The number of nitrogens with two attached hydrogens (primary N) is 1. The molecule has 1 fully saturated rings. The molecule has 1 saturated carbocycles. The first-order valence-corrected chi connectivity index (χ1v) is 11.5. The Morgan fingerprint density at radius 3 is 2.79 bits per heavy atom. The van der Waals surface area contributed by atoms with Gasteiger partial charge in [-0.25, -0.2) is 9.97 Å². The Bertz CT molecular complexity index is 1220. The minimum absolute atomic E-state index is 0.0245. The van der Waals surface area contributed by atoms with Crippen LogP contribution in [-0.2, 0) is 12.3 Å². The summed E-state index contributed by atoms with van der Waals surface area (Å²) in [6, 6.07) is 8.35. The van der Waals surface area contributed by atoms with E-state index in [1.807, 2.05) is 0 Å². The monoisotopic (exact) mass is 471 g/mol. The SMILES string of the molecule is Nc1ccc(C(=O)N[C@@H]2CCC[C@H](Nc3c4c(nc5ccc(Cl)cc35)C(F)(F)CC4)C2)cn1. The number of halogens is 3. The first-order valence-electron chi connectivity index (χ1n) is 11.1. The zero-order valence-electron chi connectivity index (χ0n) is 17.9. The minimum atomic E-state index is -2.93. The second-order valence-corrected chi connectivity index (χ2v) is 9.27. The number of anilines is 2. The molecule has 1 aromatic carbocycles. The van der Waals surface area contributed by atoms with Crippen LogP contribution in [0, 0.1) is 0 Å². The maximum absolute atomic E-state index is 14.5. The molecule has 1 amide bonds. The molecule has 0 unspecified atom stereocenters. The Kier molecular flexibility index (Phi) is 5.56. The number of alkyl halides is 2. The van der Waals surface area contributed by atoms with Crippen molar-refractivity contribution in [2.24, 2.45) is 0 Å². The number of nitrogens with one attached hydrogen (secondary N) is 2. The highest BCUT2D eigenvalue weighted by atomic mass is 35.5. The van der Waals surface area contributed by atoms with E-state index in [-0.39, 0.29) is 36.5 Å². The van der Waals surface area contributed by atoms with Crippen LogP contribution in [0.1, 0.15) is 53.7 Å². The average Bonchev–Trinajstić information content (AvgIpc) is 3.09. The summed E-state index contributed by atoms with van der Waals surface area (Å²) in [6.07, 6.45) is 4.80. The topological polar surface area (TPSA) is 92.9 Å². The average molecular weight is 472 g/mol. The summed E-state index contributed by atoms with van der Waals surface area (Å²) in [7, 11) is 0. The van der Waals surface area contributed by atoms with Gasteiger partial charge in [-0.15, -0.1) is 0 Å². The van der Waals surface area contributed by atoms with Crippen molar-refractivity contribution in [3.63, 3.8) is 0 Å². The Balaban J connectivity index is 1.39. The Morgan fingerprint density at radius 1 is 1.18 bits per heavy atom. The van der Waals surface area contributed by atoms with E-state index in [0.717, 1.165) is 24.6 Å². The van der Waals surface area contributed by atoms with Gasteiger partial charge in [-0.05, 0) is 62.4 Å². The van der Waals surface area contributed by atoms with Crippen LogP contribution in [0.15, 0.2) is 36.5 Å². The normalized spacial score (nSPS) is 21.5. The van der Waals surface area contributed by atoms with Gasteiger partial charge in [-0.3, -0.25) is 4.79 Å². The third kappa shape index (κ3) is 4.31. The van der Waals surface area contributed by atoms with Crippen LogP contribution in [0.3, 0.4) is 0 Å². The van der Waals surface area contributed by atoms with Gasteiger partial charge in [-0.1, -0.05) is 11.6 Å². The predicted octanol–water partition coefficient (Wildman–Crippen LogP) is 5.06. The van der Waals surface area contributed by atoms with Crippen molar-refractivity contribution < 1.29 is 13.6 Å². The minimum Gasteiger partial charge on any atom is -0.384 e. The first kappa shape index (κ1) is 21.8. The van der Waals surface area contributed by atoms with E-state index in [0.29, 0.717) is 39.6 Å². The highest BCUT2D eigenvalue weighted by Gasteiger charge is 2.43. The first-order chi connectivity index (χ1) is 15.8. The molecule has 0 radical (unpaired) electrons. The van der Waals surface area contributed by atoms with Crippen molar-refractivity contribution in [1.82, 2.24) is 15.3 Å². The number of aromatic nitrogens is 2. The molecule has 6 nitrogen and oxygen atoms in total. The fraction of sp³-hybridized carbons (Fsp3) is 0.375. The maximum atomic E-state index is 14.5. The van der Waals surface area contributed by atoms with E-state index >= 15 is 0 Å². The smallest absolute Gasteiger partial charge is 0.290 e. The van der Waals surface area contributed by atoms with Crippen LogP contribution >= 0.6 is 11.6 Å². The van der Waals surface area contributed by atoms with Gasteiger partial charge in [-0.2, -0.15) is 8.78 Å². The van der Waals surface area contributed by atoms with Crippen LogP contribution in [0.2, 0.25) is 5.02 Å². The van der Waals surface area contributed by atoms with Crippen molar-refractivity contribution in [3.8, 4) is 0 Å². The van der Waals surface area contributed by atoms with Crippen molar-refractivity contribution in [3.05, 3.63) is 58.4 Å². The molecule has 172 valence electrons. The summed E-state index contributed by atoms with van der Waals surface area (Å²) in [4.78, 5) is 20.9. The zero-order chi connectivity index (χ0) is 23.2. The third-order valence-electron chi connectivity index (χ3n) is 6.49. The van der Waals surface area contributed by atoms with Gasteiger partial charge in [0.05, 0.1) is 11.1 Å². The molecular weight excluding hydrogens is 448 g/mol. The van der Waals surface area contributed by atoms with E-state index in [2.05, 4.69) is 20.6 Å². The van der Waals surface area contributed by atoms with E-state index in [4.69, 9.17) is 17.3 Å². The predicted molar refractivity (Wildman–Crippen MR) is 125 cm³/mol. The number of benzene rings is 1. The van der Waals surface area contributed by atoms with E-state index in [1.54, 1.807) is 30.3 Å². The molecule has 3 aromatic rings. The molecule has 2 aliphatic carbocycles. The molecule has 9 heteroatoms. The second kappa shape index (κ2) is 8.41. The molecular formula is C24H24ClF2N5O. The number of nitrogens with zero attached hydrogens (tertiary/aromatic N) is 2. The van der Waals surface area contributed by atoms with Gasteiger partial charge in [0, 0.05) is 46.4 Å². The van der Waals surface area contributed by atoms with E-state index in [1.165, 1.54) is 6.20 Å². The molecule has 0 bridgehead atoms. The number of carbonyl (C=O) groups is 1. The fourth-order valence-electron chi connectivity index (χ4n) is 4.85. The van der Waals surface area contributed by atoms with Crippen LogP contribution in [-0.4, -0.2) is 28.0 Å². The Morgan fingerprint density at radius 2 is 2.00 bits per heavy atom. The molecule has 0 saturated heterocycles. The van der Waals surface area contributed by atoms with Crippen molar-refractivity contribution in [2.45, 2.75) is 56.5 Å². The number of amides is 1. The van der Waals surface area contributed by atoms with Crippen LogP contribution in [0.5, 0.6) is 0 Å². The number of fused-ring (bicyclic) bond motifs is 2. The Labute approximate surface area is 194 Å². The van der Waals surface area contributed by atoms with E-state index < -0.39 is 5.92 Å². The highest BCUT2D eigenvalue weighted by molar-refractivity contribution is 6.31. The maximum Gasteiger partial charge on any atom is 0.290 e. The second-order valence-electron chi connectivity index (χ2n) is 8.83. The summed E-state index contributed by atoms with van der Waals surface area (Å²) >= 11 is 6.22. The number of carbonyl (C=O) groups excluding carboxylic acids is 1. The molecule has 2 aromatic heterocycles.